The number of phosphoric ester groups is 2. The summed E-state index contributed by atoms with van der Waals surface area (Å²) in [5.74, 6) is 0. The highest BCUT2D eigenvalue weighted by Crippen LogP contribution is 2.35. The van der Waals surface area contributed by atoms with Crippen LogP contribution in [0.15, 0.2) is 0 Å². The quantitative estimate of drug-likeness (QED) is 0.335. The Labute approximate surface area is 106 Å². The van der Waals surface area contributed by atoms with Crippen molar-refractivity contribution < 1.29 is 37.8 Å². The fourth-order valence-electron chi connectivity index (χ4n) is 0.336. The molecular weight excluding hydrogens is 294 g/mol. The number of phosphoric acid groups is 2. The van der Waals surface area contributed by atoms with E-state index in [2.05, 4.69) is 9.05 Å². The SMILES string of the molecule is CCOP(=O)(O)O.CCOP(=O)(O)O.N.N.N.N. The van der Waals surface area contributed by atoms with Gasteiger partial charge >= 0.3 is 15.6 Å². The highest BCUT2D eigenvalue weighted by atomic mass is 31.2. The Morgan fingerprint density at radius 3 is 0.889 bits per heavy atom. The van der Waals surface area contributed by atoms with E-state index >= 15 is 0 Å². The van der Waals surface area contributed by atoms with E-state index in [9.17, 15) is 9.13 Å². The summed E-state index contributed by atoms with van der Waals surface area (Å²) < 4.78 is 27.2. The minimum atomic E-state index is -4.17. The van der Waals surface area contributed by atoms with Crippen molar-refractivity contribution in [2.45, 2.75) is 13.8 Å². The summed E-state index contributed by atoms with van der Waals surface area (Å²) in [7, 11) is -8.33. The lowest BCUT2D eigenvalue weighted by Crippen LogP contribution is -1.84. The second-order valence-corrected chi connectivity index (χ2v) is 4.30. The standard InChI is InChI=1S/2C2H7O4P.4H3N/c2*1-2-6-7(3,4)5;;;;/h2*2H2,1H3,(H2,3,4,5);4*1H3. The molecule has 0 spiro atoms. The Kier molecular flexibility index (Phi) is 34.3. The monoisotopic (exact) mass is 320 g/mol. The van der Waals surface area contributed by atoms with E-state index in [0.29, 0.717) is 0 Å². The van der Waals surface area contributed by atoms with E-state index in [4.69, 9.17) is 19.6 Å². The minimum Gasteiger partial charge on any atom is -0.344 e. The molecule has 0 heterocycles. The van der Waals surface area contributed by atoms with Crippen molar-refractivity contribution in [2.24, 2.45) is 0 Å². The van der Waals surface area contributed by atoms with E-state index < -0.39 is 15.6 Å². The molecule has 0 bridgehead atoms. The summed E-state index contributed by atoms with van der Waals surface area (Å²) in [5, 5.41) is 0. The topological polar surface area (TPSA) is 274 Å². The second-order valence-electron chi connectivity index (χ2n) is 1.82. The average molecular weight is 320 g/mol. The molecule has 14 heteroatoms. The highest BCUT2D eigenvalue weighted by Gasteiger charge is 2.10. The number of rotatable bonds is 4. The van der Waals surface area contributed by atoms with E-state index in [0.717, 1.165) is 0 Å². The van der Waals surface area contributed by atoms with Crippen LogP contribution in [0.2, 0.25) is 0 Å². The van der Waals surface area contributed by atoms with Crippen LogP contribution in [0.25, 0.3) is 0 Å². The molecule has 0 aliphatic heterocycles. The third kappa shape index (κ3) is 56.1. The average Bonchev–Trinajstić information content (AvgIpc) is 1.81. The van der Waals surface area contributed by atoms with Crippen molar-refractivity contribution in [1.29, 1.82) is 0 Å². The third-order valence-corrected chi connectivity index (χ3v) is 1.78. The molecule has 0 saturated carbocycles. The van der Waals surface area contributed by atoms with Crippen LogP contribution in [0.1, 0.15) is 13.8 Å². The molecule has 0 aromatic heterocycles. The second kappa shape index (κ2) is 17.1. The van der Waals surface area contributed by atoms with E-state index in [-0.39, 0.29) is 37.8 Å². The van der Waals surface area contributed by atoms with Gasteiger partial charge in [-0.3, -0.25) is 9.05 Å². The Morgan fingerprint density at radius 1 is 0.722 bits per heavy atom. The lowest BCUT2D eigenvalue weighted by Gasteiger charge is -1.98. The zero-order valence-corrected chi connectivity index (χ0v) is 12.3. The summed E-state index contributed by atoms with van der Waals surface area (Å²) in [4.78, 5) is 31.6. The van der Waals surface area contributed by atoms with Gasteiger partial charge in [0.15, 0.2) is 0 Å². The lowest BCUT2D eigenvalue weighted by molar-refractivity contribution is 0.204. The van der Waals surface area contributed by atoms with Crippen LogP contribution in [0.5, 0.6) is 0 Å². The molecular formula is C4H26N4O8P2. The van der Waals surface area contributed by atoms with E-state index in [1.54, 1.807) is 0 Å². The Bertz CT molecular complexity index is 205. The van der Waals surface area contributed by atoms with Gasteiger partial charge in [-0.25, -0.2) is 9.13 Å². The molecule has 0 aromatic carbocycles. The van der Waals surface area contributed by atoms with Crippen molar-refractivity contribution in [1.82, 2.24) is 24.6 Å². The number of hydrogen-bond donors (Lipinski definition) is 8. The van der Waals surface area contributed by atoms with Gasteiger partial charge in [-0.1, -0.05) is 0 Å². The van der Waals surface area contributed by atoms with Gasteiger partial charge < -0.3 is 44.2 Å². The molecule has 0 atom stereocenters. The Morgan fingerprint density at radius 2 is 0.889 bits per heavy atom. The zero-order chi connectivity index (χ0) is 11.8. The first kappa shape index (κ1) is 36.1. The van der Waals surface area contributed by atoms with Gasteiger partial charge in [0, 0.05) is 0 Å². The van der Waals surface area contributed by atoms with Gasteiger partial charge in [0.25, 0.3) is 0 Å². The van der Waals surface area contributed by atoms with Crippen molar-refractivity contribution in [3.05, 3.63) is 0 Å². The zero-order valence-electron chi connectivity index (χ0n) is 10.6. The van der Waals surface area contributed by atoms with Gasteiger partial charge in [-0.05, 0) is 13.8 Å². The smallest absolute Gasteiger partial charge is 0.344 e. The summed E-state index contributed by atoms with van der Waals surface area (Å²) in [6.45, 7) is 3.12. The van der Waals surface area contributed by atoms with E-state index in [1.807, 2.05) is 0 Å². The van der Waals surface area contributed by atoms with Gasteiger partial charge in [-0.2, -0.15) is 0 Å². The van der Waals surface area contributed by atoms with Gasteiger partial charge in [-0.15, -0.1) is 0 Å². The minimum absolute atomic E-state index is 0. The molecule has 0 saturated heterocycles. The van der Waals surface area contributed by atoms with E-state index in [1.165, 1.54) is 13.8 Å². The van der Waals surface area contributed by atoms with Crippen molar-refractivity contribution in [3.63, 3.8) is 0 Å². The fourth-order valence-corrected chi connectivity index (χ4v) is 1.01. The molecule has 18 heavy (non-hydrogen) atoms. The highest BCUT2D eigenvalue weighted by molar-refractivity contribution is 7.46. The van der Waals surface area contributed by atoms with Crippen LogP contribution in [0.3, 0.4) is 0 Å². The molecule has 0 amide bonds. The molecule has 120 valence electrons. The predicted molar refractivity (Wildman–Crippen MR) is 67.4 cm³/mol. The summed E-state index contributed by atoms with van der Waals surface area (Å²) in [6, 6.07) is 0. The molecule has 0 radical (unpaired) electrons. The van der Waals surface area contributed by atoms with Crippen molar-refractivity contribution >= 4 is 15.6 Å². The van der Waals surface area contributed by atoms with Crippen LogP contribution >= 0.6 is 15.6 Å². The molecule has 0 aliphatic rings. The summed E-state index contributed by atoms with van der Waals surface area (Å²) in [6.07, 6.45) is 0. The largest absolute Gasteiger partial charge is 0.469 e. The molecule has 12 nitrogen and oxygen atoms in total. The van der Waals surface area contributed by atoms with Gasteiger partial charge in [0.1, 0.15) is 0 Å². The first-order chi connectivity index (χ1) is 6.12. The van der Waals surface area contributed by atoms with Crippen LogP contribution < -0.4 is 24.6 Å². The lowest BCUT2D eigenvalue weighted by atomic mass is 10.9. The van der Waals surface area contributed by atoms with Crippen LogP contribution in [-0.2, 0) is 18.2 Å². The summed E-state index contributed by atoms with van der Waals surface area (Å²) in [5.41, 5.74) is 0. The molecule has 0 fully saturated rings. The molecule has 16 N–H and O–H groups in total. The summed E-state index contributed by atoms with van der Waals surface area (Å²) >= 11 is 0. The maximum Gasteiger partial charge on any atom is 0.469 e. The van der Waals surface area contributed by atoms with Gasteiger partial charge in [0.2, 0.25) is 0 Å². The maximum absolute atomic E-state index is 9.70. The van der Waals surface area contributed by atoms with Crippen LogP contribution in [0.4, 0.5) is 0 Å². The first-order valence-corrected chi connectivity index (χ1v) is 6.58. The van der Waals surface area contributed by atoms with Crippen molar-refractivity contribution in [2.75, 3.05) is 13.2 Å². The normalized spacial score (nSPS) is 9.22. The predicted octanol–water partition coefficient (Wildman–Crippen LogP) is 0.879. The first-order valence-electron chi connectivity index (χ1n) is 3.52. The molecule has 0 rings (SSSR count). The van der Waals surface area contributed by atoms with Gasteiger partial charge in [0.05, 0.1) is 13.2 Å². The Balaban J connectivity index is -0.0000000327. The van der Waals surface area contributed by atoms with Crippen LogP contribution in [-0.4, -0.2) is 32.8 Å². The third-order valence-electron chi connectivity index (χ3n) is 0.595. The maximum atomic E-state index is 9.70. The van der Waals surface area contributed by atoms with Crippen molar-refractivity contribution in [3.8, 4) is 0 Å². The molecule has 0 aliphatic carbocycles. The number of hydrogen-bond acceptors (Lipinski definition) is 8. The molecule has 0 aromatic rings. The fraction of sp³-hybridized carbons (Fsp3) is 1.00. The molecule has 0 unspecified atom stereocenters. The Hall–Kier alpha value is 0.0600. The van der Waals surface area contributed by atoms with Crippen LogP contribution in [0, 0.1) is 0 Å².